The van der Waals surface area contributed by atoms with Crippen LogP contribution in [0.5, 0.6) is 0 Å². The lowest BCUT2D eigenvalue weighted by Gasteiger charge is -2.32. The van der Waals surface area contributed by atoms with Gasteiger partial charge in [-0.15, -0.1) is 0 Å². The monoisotopic (exact) mass is 298 g/mol. The summed E-state index contributed by atoms with van der Waals surface area (Å²) in [7, 11) is 0. The maximum atomic E-state index is 12.1. The number of nitrogens with one attached hydrogen (secondary N) is 2. The molecule has 2 fully saturated rings. The van der Waals surface area contributed by atoms with E-state index in [4.69, 9.17) is 5.26 Å². The highest BCUT2D eigenvalue weighted by Crippen LogP contribution is 2.27. The van der Waals surface area contributed by atoms with Crippen LogP contribution < -0.4 is 10.6 Å². The Morgan fingerprint density at radius 2 is 2.05 bits per heavy atom. The minimum absolute atomic E-state index is 0.0433. The van der Waals surface area contributed by atoms with Gasteiger partial charge in [-0.05, 0) is 50.1 Å². The van der Waals surface area contributed by atoms with Crippen LogP contribution in [0, 0.1) is 11.3 Å². The second kappa shape index (κ2) is 6.80. The van der Waals surface area contributed by atoms with Crippen molar-refractivity contribution < 1.29 is 4.79 Å². The molecule has 2 aliphatic heterocycles. The number of anilines is 1. The molecule has 1 aromatic rings. The van der Waals surface area contributed by atoms with Gasteiger partial charge < -0.3 is 10.6 Å². The van der Waals surface area contributed by atoms with Gasteiger partial charge in [-0.3, -0.25) is 9.69 Å². The average Bonchev–Trinajstić information content (AvgIpc) is 2.97. The number of hydrogen-bond donors (Lipinski definition) is 2. The van der Waals surface area contributed by atoms with Gasteiger partial charge in [0.15, 0.2) is 0 Å². The molecule has 2 heterocycles. The Morgan fingerprint density at radius 3 is 2.82 bits per heavy atom. The molecule has 116 valence electrons. The number of nitriles is 1. The second-order valence-electron chi connectivity index (χ2n) is 6.10. The van der Waals surface area contributed by atoms with Crippen molar-refractivity contribution in [1.82, 2.24) is 10.2 Å². The summed E-state index contributed by atoms with van der Waals surface area (Å²) in [5.41, 5.74) is 1.48. The summed E-state index contributed by atoms with van der Waals surface area (Å²) in [5, 5.41) is 15.0. The van der Waals surface area contributed by atoms with Crippen molar-refractivity contribution in [3.8, 4) is 6.07 Å². The number of hydrogen-bond acceptors (Lipinski definition) is 4. The van der Waals surface area contributed by atoms with E-state index >= 15 is 0 Å². The van der Waals surface area contributed by atoms with Gasteiger partial charge in [-0.25, -0.2) is 0 Å². The molecule has 2 unspecified atom stereocenters. The number of nitrogens with zero attached hydrogens (tertiary/aromatic N) is 2. The SMILES string of the molecule is N#Cc1ccc(NCC(=O)NC2CCN3CCCCC23)cc1. The molecule has 0 radical (unpaired) electrons. The van der Waals surface area contributed by atoms with Gasteiger partial charge in [0.1, 0.15) is 0 Å². The molecule has 5 heteroatoms. The second-order valence-corrected chi connectivity index (χ2v) is 6.10. The van der Waals surface area contributed by atoms with Gasteiger partial charge in [0.25, 0.3) is 0 Å². The van der Waals surface area contributed by atoms with Crippen LogP contribution in [0.4, 0.5) is 5.69 Å². The van der Waals surface area contributed by atoms with Crippen LogP contribution in [-0.2, 0) is 4.79 Å². The number of fused-ring (bicyclic) bond motifs is 1. The fourth-order valence-electron chi connectivity index (χ4n) is 3.52. The fraction of sp³-hybridized carbons (Fsp3) is 0.529. The molecule has 22 heavy (non-hydrogen) atoms. The summed E-state index contributed by atoms with van der Waals surface area (Å²) < 4.78 is 0. The summed E-state index contributed by atoms with van der Waals surface area (Å²) in [6.45, 7) is 2.56. The zero-order chi connectivity index (χ0) is 15.4. The molecule has 5 nitrogen and oxygen atoms in total. The summed E-state index contributed by atoms with van der Waals surface area (Å²) in [5.74, 6) is 0.0433. The van der Waals surface area contributed by atoms with Crippen molar-refractivity contribution >= 4 is 11.6 Å². The van der Waals surface area contributed by atoms with E-state index in [1.165, 1.54) is 25.8 Å². The van der Waals surface area contributed by atoms with E-state index in [-0.39, 0.29) is 12.5 Å². The van der Waals surface area contributed by atoms with Crippen molar-refractivity contribution in [3.63, 3.8) is 0 Å². The normalized spacial score (nSPS) is 24.3. The highest BCUT2D eigenvalue weighted by atomic mass is 16.2. The molecule has 3 rings (SSSR count). The van der Waals surface area contributed by atoms with Crippen LogP contribution in [0.1, 0.15) is 31.2 Å². The van der Waals surface area contributed by atoms with Crippen LogP contribution in [-0.4, -0.2) is 42.5 Å². The number of benzene rings is 1. The van der Waals surface area contributed by atoms with E-state index in [2.05, 4.69) is 21.6 Å². The Kier molecular flexibility index (Phi) is 4.59. The van der Waals surface area contributed by atoms with Crippen molar-refractivity contribution in [2.75, 3.05) is 25.0 Å². The summed E-state index contributed by atoms with van der Waals surface area (Å²) >= 11 is 0. The molecule has 2 saturated heterocycles. The minimum Gasteiger partial charge on any atom is -0.376 e. The lowest BCUT2D eigenvalue weighted by molar-refractivity contribution is -0.120. The van der Waals surface area contributed by atoms with E-state index < -0.39 is 0 Å². The molecule has 0 aromatic heterocycles. The predicted molar refractivity (Wildman–Crippen MR) is 85.4 cm³/mol. The van der Waals surface area contributed by atoms with Gasteiger partial charge in [-0.1, -0.05) is 6.42 Å². The highest BCUT2D eigenvalue weighted by Gasteiger charge is 2.35. The third kappa shape index (κ3) is 3.40. The molecule has 2 aliphatic rings. The molecule has 1 amide bonds. The van der Waals surface area contributed by atoms with Gasteiger partial charge in [0.2, 0.25) is 5.91 Å². The van der Waals surface area contributed by atoms with Gasteiger partial charge in [0.05, 0.1) is 18.2 Å². The van der Waals surface area contributed by atoms with Gasteiger partial charge in [0, 0.05) is 24.3 Å². The first-order valence-corrected chi connectivity index (χ1v) is 8.04. The zero-order valence-corrected chi connectivity index (χ0v) is 12.7. The zero-order valence-electron chi connectivity index (χ0n) is 12.7. The number of piperidine rings is 1. The Morgan fingerprint density at radius 1 is 1.23 bits per heavy atom. The van der Waals surface area contributed by atoms with Gasteiger partial charge in [-0.2, -0.15) is 5.26 Å². The Labute approximate surface area is 131 Å². The minimum atomic E-state index is 0.0433. The van der Waals surface area contributed by atoms with E-state index in [0.717, 1.165) is 18.7 Å². The van der Waals surface area contributed by atoms with Crippen LogP contribution in [0.15, 0.2) is 24.3 Å². The van der Waals surface area contributed by atoms with E-state index in [0.29, 0.717) is 17.6 Å². The van der Waals surface area contributed by atoms with Crippen LogP contribution in [0.25, 0.3) is 0 Å². The Hall–Kier alpha value is -2.06. The van der Waals surface area contributed by atoms with Crippen LogP contribution >= 0.6 is 0 Å². The van der Waals surface area contributed by atoms with Crippen molar-refractivity contribution in [3.05, 3.63) is 29.8 Å². The van der Waals surface area contributed by atoms with E-state index in [1.54, 1.807) is 12.1 Å². The molecule has 2 atom stereocenters. The third-order valence-electron chi connectivity index (χ3n) is 4.67. The van der Waals surface area contributed by atoms with Crippen molar-refractivity contribution in [2.24, 2.45) is 0 Å². The van der Waals surface area contributed by atoms with E-state index in [9.17, 15) is 4.79 Å². The fourth-order valence-corrected chi connectivity index (χ4v) is 3.52. The average molecular weight is 298 g/mol. The largest absolute Gasteiger partial charge is 0.376 e. The molecule has 0 spiro atoms. The number of amides is 1. The molecular formula is C17H22N4O. The molecule has 2 N–H and O–H groups in total. The number of rotatable bonds is 4. The van der Waals surface area contributed by atoms with Crippen molar-refractivity contribution in [1.29, 1.82) is 5.26 Å². The maximum absolute atomic E-state index is 12.1. The lowest BCUT2D eigenvalue weighted by atomic mass is 9.99. The molecule has 1 aromatic carbocycles. The lowest BCUT2D eigenvalue weighted by Crippen LogP contribution is -2.48. The maximum Gasteiger partial charge on any atom is 0.239 e. The van der Waals surface area contributed by atoms with Crippen LogP contribution in [0.3, 0.4) is 0 Å². The first-order chi connectivity index (χ1) is 10.8. The Balaban J connectivity index is 1.47. The molecular weight excluding hydrogens is 276 g/mol. The number of carbonyl (C=O) groups is 1. The van der Waals surface area contributed by atoms with Crippen LogP contribution in [0.2, 0.25) is 0 Å². The van der Waals surface area contributed by atoms with Gasteiger partial charge >= 0.3 is 0 Å². The smallest absolute Gasteiger partial charge is 0.239 e. The number of carbonyl (C=O) groups excluding carboxylic acids is 1. The summed E-state index contributed by atoms with van der Waals surface area (Å²) in [6, 6.07) is 10.1. The summed E-state index contributed by atoms with van der Waals surface area (Å²) in [6.07, 6.45) is 4.83. The first kappa shape index (κ1) is 14.9. The van der Waals surface area contributed by atoms with Crippen molar-refractivity contribution in [2.45, 2.75) is 37.8 Å². The molecule has 0 aliphatic carbocycles. The third-order valence-corrected chi connectivity index (χ3v) is 4.67. The standard InChI is InChI=1S/C17H22N4O/c18-11-13-4-6-14(7-5-13)19-12-17(22)20-15-8-10-21-9-2-1-3-16(15)21/h4-7,15-16,19H,1-3,8-10,12H2,(H,20,22). The molecule has 0 saturated carbocycles. The highest BCUT2D eigenvalue weighted by molar-refractivity contribution is 5.81. The summed E-state index contributed by atoms with van der Waals surface area (Å²) in [4.78, 5) is 14.6. The Bertz CT molecular complexity index is 563. The quantitative estimate of drug-likeness (QED) is 0.888. The van der Waals surface area contributed by atoms with E-state index in [1.807, 2.05) is 12.1 Å². The molecule has 0 bridgehead atoms. The topological polar surface area (TPSA) is 68.2 Å². The predicted octanol–water partition coefficient (Wildman–Crippen LogP) is 1.71. The first-order valence-electron chi connectivity index (χ1n) is 8.04.